The van der Waals surface area contributed by atoms with Crippen molar-refractivity contribution >= 4 is 274 Å². The molecule has 0 aliphatic heterocycles. The minimum Gasteiger partial charge on any atom is -0.394 e. The van der Waals surface area contributed by atoms with Gasteiger partial charge in [-0.05, 0) is 228 Å². The normalized spacial score (nSPS) is 12.5. The first-order valence-corrected chi connectivity index (χ1v) is 34.4. The van der Waals surface area contributed by atoms with Gasteiger partial charge in [-0.2, -0.15) is 0 Å². The lowest BCUT2D eigenvalue weighted by Gasteiger charge is -2.25. The number of amides is 9. The second-order valence-electron chi connectivity index (χ2n) is 18.4. The van der Waals surface area contributed by atoms with Crippen LogP contribution in [0.3, 0.4) is 0 Å². The number of carbonyl (C=O) groups excluding carboxylic acids is 9. The van der Waals surface area contributed by atoms with Gasteiger partial charge >= 0.3 is 0 Å². The van der Waals surface area contributed by atoms with Crippen molar-refractivity contribution in [1.29, 1.82) is 0 Å². The molecule has 3 aromatic rings. The van der Waals surface area contributed by atoms with E-state index >= 15 is 0 Å². The number of carbonyl (C=O) groups is 9. The molecule has 0 saturated heterocycles. The Labute approximate surface area is 609 Å². The Morgan fingerprint density at radius 2 is 0.576 bits per heavy atom. The summed E-state index contributed by atoms with van der Waals surface area (Å²) in [7, 11) is 4.11. The molecular weight excluding hydrogens is 2140 g/mol. The van der Waals surface area contributed by atoms with Gasteiger partial charge in [0.1, 0.15) is 19.8 Å². The van der Waals surface area contributed by atoms with Gasteiger partial charge in [-0.25, -0.2) is 0 Å². The molecule has 0 aliphatic rings. The molecule has 470 valence electrons. The highest BCUT2D eigenvalue weighted by Crippen LogP contribution is 2.39. The highest BCUT2D eigenvalue weighted by Gasteiger charge is 2.34. The molecule has 3 aromatic carbocycles. The molecule has 9 amide bonds. The van der Waals surface area contributed by atoms with Crippen molar-refractivity contribution in [1.82, 2.24) is 30.7 Å². The predicted molar refractivity (Wildman–Crippen MR) is 385 cm³/mol. The lowest BCUT2D eigenvalue weighted by Crippen LogP contribution is -2.38. The second-order valence-corrected chi connectivity index (χ2v) is 28.1. The summed E-state index contributed by atoms with van der Waals surface area (Å²) in [4.78, 5) is 126. The molecule has 36 heteroatoms. The van der Waals surface area contributed by atoms with Crippen LogP contribution in [-0.2, 0) is 14.4 Å². The Balaban J connectivity index is 2.14. The third kappa shape index (κ3) is 21.1. The van der Waals surface area contributed by atoms with Gasteiger partial charge in [0.2, 0.25) is 17.7 Å². The molecule has 0 heterocycles. The Bertz CT molecular complexity index is 2730. The van der Waals surface area contributed by atoms with E-state index in [9.17, 15) is 89.1 Å². The zero-order chi connectivity index (χ0) is 64.5. The molecule has 0 fully saturated rings. The summed E-state index contributed by atoms with van der Waals surface area (Å²) in [5.41, 5.74) is -0.0161. The van der Waals surface area contributed by atoms with Crippen LogP contribution in [0, 0.1) is 38.0 Å². The van der Waals surface area contributed by atoms with Crippen molar-refractivity contribution in [2.24, 2.45) is 5.92 Å². The van der Waals surface area contributed by atoms with Crippen molar-refractivity contribution < 1.29 is 89.1 Å². The zero-order valence-corrected chi connectivity index (χ0v) is 64.3. The maximum atomic E-state index is 14.4. The van der Waals surface area contributed by atoms with E-state index < -0.39 is 117 Å². The molecular formula is C49H58I9N9O18. The highest BCUT2D eigenvalue weighted by molar-refractivity contribution is 14.1. The number of rotatable bonds is 30. The van der Waals surface area contributed by atoms with Gasteiger partial charge in [0, 0.05) is 71.1 Å². The first-order chi connectivity index (χ1) is 39.9. The Kier molecular flexibility index (Phi) is 34.6. The van der Waals surface area contributed by atoms with Crippen LogP contribution in [0.4, 0.5) is 17.1 Å². The van der Waals surface area contributed by atoms with Crippen LogP contribution in [0.5, 0.6) is 0 Å². The molecule has 0 aliphatic carbocycles. The van der Waals surface area contributed by atoms with E-state index in [2.05, 4.69) is 31.9 Å². The van der Waals surface area contributed by atoms with Gasteiger partial charge < -0.3 is 92.6 Å². The van der Waals surface area contributed by atoms with Crippen LogP contribution in [0.25, 0.3) is 0 Å². The zero-order valence-electron chi connectivity index (χ0n) is 44.9. The molecule has 0 spiro atoms. The monoisotopic (exact) mass is 2200 g/mol. The van der Waals surface area contributed by atoms with E-state index in [1.54, 1.807) is 0 Å². The molecule has 27 nitrogen and oxygen atoms in total. The van der Waals surface area contributed by atoms with Gasteiger partial charge in [0.05, 0.1) is 110 Å². The molecule has 3 rings (SSSR count). The number of aliphatic hydroxyl groups excluding tert-OH is 9. The Morgan fingerprint density at radius 3 is 0.776 bits per heavy atom. The van der Waals surface area contributed by atoms with Crippen molar-refractivity contribution in [3.05, 3.63) is 65.5 Å². The highest BCUT2D eigenvalue weighted by atomic mass is 127. The summed E-state index contributed by atoms with van der Waals surface area (Å²) >= 11 is 16.4. The minimum atomic E-state index is -1.30. The average molecular weight is 2200 g/mol. The second kappa shape index (κ2) is 37.6. The predicted octanol–water partition coefficient (Wildman–Crippen LogP) is 1.57. The quantitative estimate of drug-likeness (QED) is 0.0421. The summed E-state index contributed by atoms with van der Waals surface area (Å²) in [6.45, 7) is -5.80. The standard InChI is InChI=1S/C49H58I9N9O18/c1-65(10-20(74)13-68)47(83)29-32(50)26(35(53)41(38(29)56)62-23(77)16-71)44(80)59-7-4-19(5-8-60-45(81)27-33(51)30(48(84)66(2)11-21(75)14-69)39(57)42(36(27)54)63-24(78)17-72)6-9-61-46(82)28-34(52)31(49(85)67(3)12-22(76)15-70)40(58)43(37(28)55)64-25(79)18-73/h19-22,68-76H,4-18H2,1-3H3,(H,59,80)(H,60,81)(H,61,82)(H,62,77)(H,63,78)(H,64,79). The molecule has 0 bridgehead atoms. The average Bonchev–Trinajstić information content (AvgIpc) is 1.25. The fourth-order valence-corrected chi connectivity index (χ4v) is 21.0. The maximum Gasteiger partial charge on any atom is 0.255 e. The number of nitrogens with one attached hydrogen (secondary N) is 6. The first-order valence-electron chi connectivity index (χ1n) is 24.7. The number of aliphatic hydroxyl groups is 9. The maximum absolute atomic E-state index is 14.4. The fourth-order valence-electron chi connectivity index (χ4n) is 7.83. The topological polar surface area (TPSA) is 418 Å². The molecule has 0 radical (unpaired) electrons. The number of benzene rings is 3. The van der Waals surface area contributed by atoms with Gasteiger partial charge in [-0.1, -0.05) is 0 Å². The summed E-state index contributed by atoms with van der Waals surface area (Å²) in [5.74, 6) is -7.09. The van der Waals surface area contributed by atoms with Crippen LogP contribution in [0.2, 0.25) is 0 Å². The number of nitrogens with zero attached hydrogens (tertiary/aromatic N) is 3. The van der Waals surface area contributed by atoms with E-state index in [1.165, 1.54) is 21.1 Å². The summed E-state index contributed by atoms with van der Waals surface area (Å²) in [6, 6.07) is 0. The number of anilines is 3. The summed E-state index contributed by atoms with van der Waals surface area (Å²) in [5, 5.41) is 104. The Hall–Kier alpha value is -0.900. The van der Waals surface area contributed by atoms with Crippen molar-refractivity contribution in [3.63, 3.8) is 0 Å². The van der Waals surface area contributed by atoms with Gasteiger partial charge in [-0.3, -0.25) is 43.2 Å². The number of hydrogen-bond donors (Lipinski definition) is 15. The molecule has 0 saturated carbocycles. The van der Waals surface area contributed by atoms with Crippen molar-refractivity contribution in [2.75, 3.05) is 116 Å². The number of halogens is 9. The number of likely N-dealkylation sites (N-methyl/N-ethyl adjacent to an activating group) is 3. The van der Waals surface area contributed by atoms with Crippen molar-refractivity contribution in [3.8, 4) is 0 Å². The lowest BCUT2D eigenvalue weighted by atomic mass is 9.96. The van der Waals surface area contributed by atoms with E-state index in [0.717, 1.165) is 14.7 Å². The van der Waals surface area contributed by atoms with E-state index in [1.807, 2.05) is 203 Å². The number of hydrogen-bond acceptors (Lipinski definition) is 18. The van der Waals surface area contributed by atoms with E-state index in [-0.39, 0.29) is 141 Å². The molecule has 0 aromatic heterocycles. The van der Waals surface area contributed by atoms with Crippen molar-refractivity contribution in [2.45, 2.75) is 37.6 Å². The largest absolute Gasteiger partial charge is 0.394 e. The van der Waals surface area contributed by atoms with Gasteiger partial charge in [-0.15, -0.1) is 0 Å². The third-order valence-electron chi connectivity index (χ3n) is 12.1. The summed E-state index contributed by atoms with van der Waals surface area (Å²) < 4.78 is 1.76. The van der Waals surface area contributed by atoms with Crippen LogP contribution in [0.15, 0.2) is 0 Å². The van der Waals surface area contributed by atoms with Crippen LogP contribution in [-0.4, -0.2) is 232 Å². The lowest BCUT2D eigenvalue weighted by molar-refractivity contribution is -0.119. The van der Waals surface area contributed by atoms with Crippen LogP contribution >= 0.6 is 203 Å². The third-order valence-corrected chi connectivity index (χ3v) is 21.8. The van der Waals surface area contributed by atoms with E-state index in [0.29, 0.717) is 0 Å². The van der Waals surface area contributed by atoms with Gasteiger partial charge in [0.25, 0.3) is 35.4 Å². The molecule has 85 heavy (non-hydrogen) atoms. The van der Waals surface area contributed by atoms with Crippen LogP contribution < -0.4 is 31.9 Å². The molecule has 3 atom stereocenters. The minimum absolute atomic E-state index is 0.0225. The molecule has 15 N–H and O–H groups in total. The first kappa shape index (κ1) is 78.3. The molecule has 3 unspecified atom stereocenters. The SMILES string of the molecule is CN(CC(O)CO)C(=O)c1c(I)c(NC(=O)CO)c(I)c(C(=O)NCCC(CCNC(=O)c2c(I)c(NC(=O)CO)c(I)c(C(=O)N(C)CC(O)CO)c2I)CCNC(=O)c2c(I)c(NC(=O)CO)c(I)c(C(=O)N(C)CC(O)CO)c2I)c1I. The smallest absolute Gasteiger partial charge is 0.255 e. The van der Waals surface area contributed by atoms with Crippen LogP contribution in [0.1, 0.15) is 81.4 Å². The van der Waals surface area contributed by atoms with E-state index in [4.69, 9.17) is 0 Å². The Morgan fingerprint density at radius 1 is 0.365 bits per heavy atom. The summed E-state index contributed by atoms with van der Waals surface area (Å²) in [6.07, 6.45) is -3.40. The van der Waals surface area contributed by atoms with Gasteiger partial charge in [0.15, 0.2) is 0 Å². The fraction of sp³-hybridized carbons (Fsp3) is 0.449.